The molecule has 114 valence electrons. The number of rotatable bonds is 2. The Balaban J connectivity index is 0.00000132. The van der Waals surface area contributed by atoms with Crippen LogP contribution in [0, 0.1) is 17.8 Å². The van der Waals surface area contributed by atoms with Crippen LogP contribution in [0.15, 0.2) is 24.3 Å². The number of fused-ring (bicyclic) bond motifs is 1. The number of halogens is 2. The van der Waals surface area contributed by atoms with Gasteiger partial charge in [0.2, 0.25) is 5.91 Å². The average molecular weight is 327 g/mol. The zero-order valence-corrected chi connectivity index (χ0v) is 13.4. The Hall–Kier alpha value is -0.770. The Morgan fingerprint density at radius 3 is 2.62 bits per heavy atom. The van der Waals surface area contributed by atoms with Crippen molar-refractivity contribution in [3.63, 3.8) is 0 Å². The highest BCUT2D eigenvalue weighted by Crippen LogP contribution is 2.49. The van der Waals surface area contributed by atoms with Gasteiger partial charge in [0.25, 0.3) is 0 Å². The highest BCUT2D eigenvalue weighted by Gasteiger charge is 2.48. The van der Waals surface area contributed by atoms with Crippen LogP contribution in [0.1, 0.15) is 17.9 Å². The molecule has 3 nitrogen and oxygen atoms in total. The fraction of sp³-hybridized carbons (Fsp3) is 0.562. The third kappa shape index (κ3) is 2.79. The van der Waals surface area contributed by atoms with Crippen molar-refractivity contribution in [3.05, 3.63) is 34.9 Å². The normalized spacial score (nSPS) is 33.5. The summed E-state index contributed by atoms with van der Waals surface area (Å²) in [6.45, 7) is 4.07. The molecule has 0 aromatic heterocycles. The van der Waals surface area contributed by atoms with Crippen molar-refractivity contribution in [1.82, 2.24) is 10.2 Å². The minimum Gasteiger partial charge on any atom is -0.342 e. The van der Waals surface area contributed by atoms with E-state index in [-0.39, 0.29) is 18.3 Å². The number of likely N-dealkylation sites (tertiary alicyclic amines) is 1. The maximum absolute atomic E-state index is 12.6. The Kier molecular flexibility index (Phi) is 4.17. The molecule has 4 atom stereocenters. The van der Waals surface area contributed by atoms with E-state index in [0.29, 0.717) is 23.7 Å². The molecule has 3 aliphatic rings. The van der Waals surface area contributed by atoms with E-state index in [4.69, 9.17) is 11.6 Å². The van der Waals surface area contributed by atoms with Crippen LogP contribution in [0.25, 0.3) is 0 Å². The van der Waals surface area contributed by atoms with E-state index in [1.54, 1.807) is 0 Å². The third-order valence-electron chi connectivity index (χ3n) is 5.09. The van der Waals surface area contributed by atoms with Gasteiger partial charge in [-0.05, 0) is 41.9 Å². The van der Waals surface area contributed by atoms with Gasteiger partial charge in [-0.2, -0.15) is 0 Å². The molecule has 2 heterocycles. The second-order valence-electron chi connectivity index (χ2n) is 6.43. The van der Waals surface area contributed by atoms with Crippen molar-refractivity contribution < 1.29 is 4.79 Å². The summed E-state index contributed by atoms with van der Waals surface area (Å²) >= 11 is 6.03. The lowest BCUT2D eigenvalue weighted by molar-refractivity contribution is -0.131. The SMILES string of the molecule is Cl.O=C(C1CC1c1cccc(Cl)c1)N1C[C@H]2CNC[C@H]2C1. The summed E-state index contributed by atoms with van der Waals surface area (Å²) in [6, 6.07) is 7.96. The molecule has 1 N–H and O–H groups in total. The molecule has 0 spiro atoms. The number of carbonyl (C=O) groups excluding carboxylic acids is 1. The largest absolute Gasteiger partial charge is 0.342 e. The summed E-state index contributed by atoms with van der Waals surface area (Å²) in [5.41, 5.74) is 1.22. The van der Waals surface area contributed by atoms with Crippen LogP contribution in [-0.4, -0.2) is 37.0 Å². The molecular formula is C16H20Cl2N2O. The summed E-state index contributed by atoms with van der Waals surface area (Å²) in [4.78, 5) is 14.7. The number of amides is 1. The summed E-state index contributed by atoms with van der Waals surface area (Å²) in [7, 11) is 0. The van der Waals surface area contributed by atoms with E-state index in [2.05, 4.69) is 16.3 Å². The molecule has 2 aliphatic heterocycles. The van der Waals surface area contributed by atoms with Gasteiger partial charge < -0.3 is 10.2 Å². The molecule has 1 aliphatic carbocycles. The Morgan fingerprint density at radius 2 is 1.95 bits per heavy atom. The van der Waals surface area contributed by atoms with Gasteiger partial charge in [0.1, 0.15) is 0 Å². The minimum absolute atomic E-state index is 0. The van der Waals surface area contributed by atoms with Gasteiger partial charge in [0.05, 0.1) is 0 Å². The van der Waals surface area contributed by atoms with Crippen LogP contribution in [0.5, 0.6) is 0 Å². The van der Waals surface area contributed by atoms with Crippen molar-refractivity contribution in [1.29, 1.82) is 0 Å². The highest BCUT2D eigenvalue weighted by atomic mass is 35.5. The Labute approximate surface area is 136 Å². The first-order chi connectivity index (χ1) is 9.72. The van der Waals surface area contributed by atoms with Crippen molar-refractivity contribution in [3.8, 4) is 0 Å². The van der Waals surface area contributed by atoms with Crippen LogP contribution in [-0.2, 0) is 4.79 Å². The fourth-order valence-electron chi connectivity index (χ4n) is 3.84. The maximum atomic E-state index is 12.6. The van der Waals surface area contributed by atoms with E-state index >= 15 is 0 Å². The molecule has 1 amide bonds. The number of hydrogen-bond acceptors (Lipinski definition) is 2. The smallest absolute Gasteiger partial charge is 0.226 e. The van der Waals surface area contributed by atoms with Crippen molar-refractivity contribution in [2.75, 3.05) is 26.2 Å². The molecule has 4 rings (SSSR count). The van der Waals surface area contributed by atoms with Crippen LogP contribution >= 0.6 is 24.0 Å². The molecule has 2 saturated heterocycles. The van der Waals surface area contributed by atoms with Gasteiger partial charge in [-0.25, -0.2) is 0 Å². The molecule has 21 heavy (non-hydrogen) atoms. The first-order valence-corrected chi connectivity index (χ1v) is 7.85. The summed E-state index contributed by atoms with van der Waals surface area (Å²) in [5.74, 6) is 2.31. The van der Waals surface area contributed by atoms with E-state index < -0.39 is 0 Å². The first-order valence-electron chi connectivity index (χ1n) is 7.47. The van der Waals surface area contributed by atoms with Gasteiger partial charge >= 0.3 is 0 Å². The summed E-state index contributed by atoms with van der Waals surface area (Å²) in [6.07, 6.45) is 0.989. The predicted molar refractivity (Wildman–Crippen MR) is 86.0 cm³/mol. The van der Waals surface area contributed by atoms with Crippen LogP contribution < -0.4 is 5.32 Å². The van der Waals surface area contributed by atoms with E-state index in [9.17, 15) is 4.79 Å². The molecule has 1 aromatic rings. The molecule has 0 radical (unpaired) electrons. The topological polar surface area (TPSA) is 32.3 Å². The van der Waals surface area contributed by atoms with E-state index in [1.807, 2.05) is 18.2 Å². The molecule has 1 aromatic carbocycles. The number of hydrogen-bond donors (Lipinski definition) is 1. The van der Waals surface area contributed by atoms with Gasteiger partial charge in [0.15, 0.2) is 0 Å². The minimum atomic E-state index is 0. The second-order valence-corrected chi connectivity index (χ2v) is 6.86. The molecule has 0 bridgehead atoms. The average Bonchev–Trinajstić information content (AvgIpc) is 2.94. The highest BCUT2D eigenvalue weighted by molar-refractivity contribution is 6.30. The quantitative estimate of drug-likeness (QED) is 0.905. The molecule has 2 unspecified atom stereocenters. The van der Waals surface area contributed by atoms with Gasteiger partial charge in [-0.3, -0.25) is 4.79 Å². The lowest BCUT2D eigenvalue weighted by atomic mass is 10.0. The third-order valence-corrected chi connectivity index (χ3v) is 5.32. The first kappa shape index (κ1) is 15.1. The van der Waals surface area contributed by atoms with Crippen molar-refractivity contribution in [2.45, 2.75) is 12.3 Å². The zero-order valence-electron chi connectivity index (χ0n) is 11.8. The fourth-order valence-corrected chi connectivity index (χ4v) is 4.04. The zero-order chi connectivity index (χ0) is 13.7. The Morgan fingerprint density at radius 1 is 1.24 bits per heavy atom. The number of nitrogens with one attached hydrogen (secondary N) is 1. The standard InChI is InChI=1S/C16H19ClN2O.ClH/c17-13-3-1-2-10(4-13)14-5-15(14)16(20)19-8-11-6-18-7-12(11)9-19;/h1-4,11-12,14-15,18H,5-9H2;1H/t11-,12+,14?,15?;. The molecule has 1 saturated carbocycles. The lowest BCUT2D eigenvalue weighted by Crippen LogP contribution is -2.33. The van der Waals surface area contributed by atoms with E-state index in [0.717, 1.165) is 37.6 Å². The van der Waals surface area contributed by atoms with Crippen LogP contribution in [0.4, 0.5) is 0 Å². The van der Waals surface area contributed by atoms with Crippen molar-refractivity contribution in [2.24, 2.45) is 17.8 Å². The number of benzene rings is 1. The summed E-state index contributed by atoms with van der Waals surface area (Å²) < 4.78 is 0. The van der Waals surface area contributed by atoms with Gasteiger partial charge in [-0.1, -0.05) is 23.7 Å². The van der Waals surface area contributed by atoms with Crippen LogP contribution in [0.3, 0.4) is 0 Å². The molecular weight excluding hydrogens is 307 g/mol. The second kappa shape index (κ2) is 5.79. The predicted octanol–water partition coefficient (Wildman–Crippen LogP) is 2.54. The maximum Gasteiger partial charge on any atom is 0.226 e. The van der Waals surface area contributed by atoms with E-state index in [1.165, 1.54) is 5.56 Å². The van der Waals surface area contributed by atoms with Crippen molar-refractivity contribution >= 4 is 29.9 Å². The lowest BCUT2D eigenvalue weighted by Gasteiger charge is -2.17. The van der Waals surface area contributed by atoms with Gasteiger partial charge in [0, 0.05) is 37.1 Å². The Bertz CT molecular complexity index is 539. The number of nitrogens with zero attached hydrogens (tertiary/aromatic N) is 1. The molecule has 5 heteroatoms. The van der Waals surface area contributed by atoms with Gasteiger partial charge in [-0.15, -0.1) is 12.4 Å². The monoisotopic (exact) mass is 326 g/mol. The summed E-state index contributed by atoms with van der Waals surface area (Å²) in [5, 5.41) is 4.18. The number of carbonyl (C=O) groups is 1. The van der Waals surface area contributed by atoms with Crippen LogP contribution in [0.2, 0.25) is 5.02 Å². The molecule has 3 fully saturated rings.